The van der Waals surface area contributed by atoms with Crippen LogP contribution < -0.4 is 10.6 Å². The lowest BCUT2D eigenvalue weighted by Crippen LogP contribution is -2.43. The van der Waals surface area contributed by atoms with Crippen LogP contribution in [0.15, 0.2) is 29.2 Å². The van der Waals surface area contributed by atoms with Gasteiger partial charge in [0.15, 0.2) is 0 Å². The average molecular weight is 386 g/mol. The van der Waals surface area contributed by atoms with Gasteiger partial charge >= 0.3 is 0 Å². The van der Waals surface area contributed by atoms with Gasteiger partial charge in [-0.2, -0.15) is 0 Å². The quantitative estimate of drug-likeness (QED) is 0.714. The molecule has 0 saturated carbocycles. The molecule has 1 amide bonds. The summed E-state index contributed by atoms with van der Waals surface area (Å²) in [6.45, 7) is 5.00. The van der Waals surface area contributed by atoms with E-state index in [2.05, 4.69) is 17.6 Å². The Hall–Kier alpha value is -1.51. The van der Waals surface area contributed by atoms with Gasteiger partial charge in [-0.1, -0.05) is 6.92 Å². The molecule has 2 N–H and O–H groups in total. The lowest BCUT2D eigenvalue weighted by molar-refractivity contribution is -0.121. The van der Waals surface area contributed by atoms with Crippen LogP contribution in [0.1, 0.15) is 32.6 Å². The largest absolute Gasteiger partial charge is 0.356 e. The van der Waals surface area contributed by atoms with Crippen molar-refractivity contribution in [1.82, 2.24) is 14.9 Å². The number of hydrogen-bond acceptors (Lipinski definition) is 4. The number of sulfonamides is 1. The van der Waals surface area contributed by atoms with Crippen LogP contribution in [0.5, 0.6) is 0 Å². The van der Waals surface area contributed by atoms with E-state index in [-0.39, 0.29) is 29.2 Å². The number of benzene rings is 1. The molecule has 2 rings (SSSR count). The fraction of sp³-hybridized carbons (Fsp3) is 0.611. The predicted molar refractivity (Wildman–Crippen MR) is 98.7 cm³/mol. The van der Waals surface area contributed by atoms with Gasteiger partial charge in [-0.3, -0.25) is 4.79 Å². The van der Waals surface area contributed by atoms with Gasteiger partial charge in [-0.25, -0.2) is 17.1 Å². The van der Waals surface area contributed by atoms with Crippen molar-refractivity contribution in [2.75, 3.05) is 33.2 Å². The summed E-state index contributed by atoms with van der Waals surface area (Å²) >= 11 is 0. The molecule has 1 aliphatic rings. The van der Waals surface area contributed by atoms with E-state index in [1.807, 2.05) is 0 Å². The predicted octanol–water partition coefficient (Wildman–Crippen LogP) is 1.73. The molecule has 1 fully saturated rings. The summed E-state index contributed by atoms with van der Waals surface area (Å²) in [4.78, 5) is 12.1. The third-order valence-corrected chi connectivity index (χ3v) is 6.79. The molecule has 1 heterocycles. The normalized spacial score (nSPS) is 17.2. The van der Waals surface area contributed by atoms with Crippen LogP contribution in [0.2, 0.25) is 0 Å². The highest BCUT2D eigenvalue weighted by molar-refractivity contribution is 7.89. The highest BCUT2D eigenvalue weighted by Gasteiger charge is 2.27. The molecule has 0 atom stereocenters. The molecular formula is C18H28FN3O3S. The highest BCUT2D eigenvalue weighted by atomic mass is 32.2. The van der Waals surface area contributed by atoms with Crippen molar-refractivity contribution in [3.05, 3.63) is 30.1 Å². The first-order valence-corrected chi connectivity index (χ1v) is 10.4. The van der Waals surface area contributed by atoms with Crippen molar-refractivity contribution in [3.63, 3.8) is 0 Å². The number of nitrogens with zero attached hydrogens (tertiary/aromatic N) is 1. The second-order valence-corrected chi connectivity index (χ2v) is 9.27. The Labute approximate surface area is 155 Å². The van der Waals surface area contributed by atoms with Gasteiger partial charge < -0.3 is 10.6 Å². The van der Waals surface area contributed by atoms with E-state index in [1.54, 1.807) is 0 Å². The summed E-state index contributed by atoms with van der Waals surface area (Å²) in [6, 6.07) is 4.73. The molecule has 6 nitrogen and oxygen atoms in total. The third kappa shape index (κ3) is 5.75. The number of nitrogens with one attached hydrogen (secondary N) is 2. The Balaban J connectivity index is 1.75. The van der Waals surface area contributed by atoms with Crippen LogP contribution in [0.3, 0.4) is 0 Å². The lowest BCUT2D eigenvalue weighted by atomic mass is 9.81. The molecule has 26 heavy (non-hydrogen) atoms. The molecule has 0 aliphatic carbocycles. The summed E-state index contributed by atoms with van der Waals surface area (Å²) in [6.07, 6.45) is 2.77. The Morgan fingerprint density at radius 2 is 1.88 bits per heavy atom. The molecule has 1 saturated heterocycles. The van der Waals surface area contributed by atoms with Crippen molar-refractivity contribution in [3.8, 4) is 0 Å². The molecule has 0 bridgehead atoms. The topological polar surface area (TPSA) is 78.5 Å². The number of rotatable bonds is 8. The van der Waals surface area contributed by atoms with Crippen LogP contribution in [-0.2, 0) is 14.8 Å². The van der Waals surface area contributed by atoms with Crippen molar-refractivity contribution < 1.29 is 17.6 Å². The third-order valence-electron chi connectivity index (χ3n) is 4.92. The number of carbonyl (C=O) groups excluding carboxylic acids is 1. The van der Waals surface area contributed by atoms with E-state index < -0.39 is 15.8 Å². The fourth-order valence-electron chi connectivity index (χ4n) is 2.98. The Morgan fingerprint density at radius 3 is 2.50 bits per heavy atom. The van der Waals surface area contributed by atoms with Crippen LogP contribution in [0, 0.1) is 11.2 Å². The van der Waals surface area contributed by atoms with Crippen LogP contribution in [0.25, 0.3) is 0 Å². The summed E-state index contributed by atoms with van der Waals surface area (Å²) in [5, 5.41) is 6.28. The van der Waals surface area contributed by atoms with Gasteiger partial charge in [-0.15, -0.1) is 0 Å². The minimum atomic E-state index is -3.66. The van der Waals surface area contributed by atoms with Gasteiger partial charge in [-0.05, 0) is 62.0 Å². The van der Waals surface area contributed by atoms with E-state index in [0.29, 0.717) is 13.0 Å². The van der Waals surface area contributed by atoms with Crippen molar-refractivity contribution in [2.24, 2.45) is 5.41 Å². The first-order valence-electron chi connectivity index (χ1n) is 8.92. The molecular weight excluding hydrogens is 357 g/mol. The second kappa shape index (κ2) is 8.92. The maximum absolute atomic E-state index is 12.9. The van der Waals surface area contributed by atoms with Crippen LogP contribution in [-0.4, -0.2) is 51.9 Å². The van der Waals surface area contributed by atoms with Crippen LogP contribution in [0.4, 0.5) is 4.39 Å². The minimum absolute atomic E-state index is 0.0460. The van der Waals surface area contributed by atoms with Gasteiger partial charge in [0.25, 0.3) is 0 Å². The van der Waals surface area contributed by atoms with E-state index in [1.165, 1.54) is 23.5 Å². The van der Waals surface area contributed by atoms with Gasteiger partial charge in [0.05, 0.1) is 4.90 Å². The molecule has 146 valence electrons. The SMILES string of the molecule is CN(CCCC(=O)NCC1(C)CCNCC1)S(=O)(=O)c1ccc(F)cc1. The maximum atomic E-state index is 12.9. The van der Waals surface area contributed by atoms with E-state index >= 15 is 0 Å². The van der Waals surface area contributed by atoms with E-state index in [4.69, 9.17) is 0 Å². The zero-order chi connectivity index (χ0) is 19.2. The summed E-state index contributed by atoms with van der Waals surface area (Å²) in [5.74, 6) is -0.539. The standard InChI is InChI=1S/C18H28FN3O3S/c1-18(9-11-20-12-10-18)14-21-17(23)4-3-13-22(2)26(24,25)16-7-5-15(19)6-8-16/h5-8,20H,3-4,9-14H2,1-2H3,(H,21,23). The number of hydrogen-bond donors (Lipinski definition) is 2. The molecule has 0 spiro atoms. The van der Waals surface area contributed by atoms with E-state index in [9.17, 15) is 17.6 Å². The van der Waals surface area contributed by atoms with Gasteiger partial charge in [0.2, 0.25) is 15.9 Å². The number of piperidine rings is 1. The number of halogens is 1. The lowest BCUT2D eigenvalue weighted by Gasteiger charge is -2.34. The molecule has 8 heteroatoms. The smallest absolute Gasteiger partial charge is 0.242 e. The minimum Gasteiger partial charge on any atom is -0.356 e. The van der Waals surface area contributed by atoms with Crippen molar-refractivity contribution in [1.29, 1.82) is 0 Å². The zero-order valence-corrected chi connectivity index (χ0v) is 16.2. The molecule has 1 aliphatic heterocycles. The summed E-state index contributed by atoms with van der Waals surface area (Å²) < 4.78 is 38.9. The number of amides is 1. The molecule has 0 radical (unpaired) electrons. The molecule has 1 aromatic carbocycles. The zero-order valence-electron chi connectivity index (χ0n) is 15.4. The van der Waals surface area contributed by atoms with Crippen molar-refractivity contribution >= 4 is 15.9 Å². The monoisotopic (exact) mass is 385 g/mol. The first kappa shape index (κ1) is 20.8. The Bertz CT molecular complexity index is 701. The van der Waals surface area contributed by atoms with E-state index in [0.717, 1.165) is 38.1 Å². The maximum Gasteiger partial charge on any atom is 0.242 e. The van der Waals surface area contributed by atoms with Crippen LogP contribution >= 0.6 is 0 Å². The molecule has 0 aromatic heterocycles. The Kier molecular flexibility index (Phi) is 7.14. The second-order valence-electron chi connectivity index (χ2n) is 7.22. The highest BCUT2D eigenvalue weighted by Crippen LogP contribution is 2.26. The van der Waals surface area contributed by atoms with Crippen molar-refractivity contribution in [2.45, 2.75) is 37.5 Å². The van der Waals surface area contributed by atoms with Gasteiger partial charge in [0, 0.05) is 26.6 Å². The molecule has 0 unspecified atom stereocenters. The fourth-order valence-corrected chi connectivity index (χ4v) is 4.19. The Morgan fingerprint density at radius 1 is 1.27 bits per heavy atom. The van der Waals surface area contributed by atoms with Gasteiger partial charge in [0.1, 0.15) is 5.82 Å². The average Bonchev–Trinajstić information content (AvgIpc) is 2.61. The first-order chi connectivity index (χ1) is 12.2. The molecule has 1 aromatic rings. The number of carbonyl (C=O) groups is 1. The summed E-state index contributed by atoms with van der Waals surface area (Å²) in [5.41, 5.74) is 0.129. The summed E-state index contributed by atoms with van der Waals surface area (Å²) in [7, 11) is -2.20.